The molecule has 98 valence electrons. The summed E-state index contributed by atoms with van der Waals surface area (Å²) in [5, 5.41) is 0. The number of rotatable bonds is 1. The van der Waals surface area contributed by atoms with E-state index in [-0.39, 0.29) is 18.4 Å². The molecule has 0 saturated heterocycles. The van der Waals surface area contributed by atoms with Gasteiger partial charge in [0.1, 0.15) is 0 Å². The Labute approximate surface area is 107 Å². The van der Waals surface area contributed by atoms with E-state index in [4.69, 9.17) is 0 Å². The van der Waals surface area contributed by atoms with Gasteiger partial charge in [0.05, 0.1) is 23.7 Å². The minimum atomic E-state index is -3.40. The third-order valence-corrected chi connectivity index (χ3v) is 4.35. The van der Waals surface area contributed by atoms with Crippen molar-refractivity contribution in [3.8, 4) is 0 Å². The average Bonchev–Trinajstić information content (AvgIpc) is 2.35. The molecule has 0 fully saturated rings. The summed E-state index contributed by atoms with van der Waals surface area (Å²) in [7, 11) is -1.74. The molecule has 1 amide bonds. The van der Waals surface area contributed by atoms with Crippen molar-refractivity contribution in [3.63, 3.8) is 0 Å². The molecular formula is C12H16N2O3S. The van der Waals surface area contributed by atoms with Gasteiger partial charge in [0.25, 0.3) is 0 Å². The highest BCUT2D eigenvalue weighted by atomic mass is 32.2. The zero-order chi connectivity index (χ0) is 13.5. The Kier molecular flexibility index (Phi) is 3.06. The molecule has 1 aliphatic rings. The monoisotopic (exact) mass is 268 g/mol. The molecular weight excluding hydrogens is 252 g/mol. The second kappa shape index (κ2) is 4.28. The van der Waals surface area contributed by atoms with Crippen LogP contribution >= 0.6 is 0 Å². The Morgan fingerprint density at radius 1 is 1.22 bits per heavy atom. The van der Waals surface area contributed by atoms with Crippen molar-refractivity contribution in [1.82, 2.24) is 0 Å². The standard InChI is InChI=1S/C12H16N2O3S/c1-9-8-12(15)13(2)10-6-4-5-7-11(10)14(9)18(3,16)17/h4-7,9H,8H2,1-3H3. The summed E-state index contributed by atoms with van der Waals surface area (Å²) in [5.41, 5.74) is 1.18. The van der Waals surface area contributed by atoms with Gasteiger partial charge in [-0.1, -0.05) is 12.1 Å². The summed E-state index contributed by atoms with van der Waals surface area (Å²) in [4.78, 5) is 13.5. The van der Waals surface area contributed by atoms with Crippen LogP contribution in [0, 0.1) is 0 Å². The van der Waals surface area contributed by atoms with Gasteiger partial charge in [-0.15, -0.1) is 0 Å². The minimum Gasteiger partial charge on any atom is -0.313 e. The maximum Gasteiger partial charge on any atom is 0.232 e. The smallest absolute Gasteiger partial charge is 0.232 e. The fourth-order valence-corrected chi connectivity index (χ4v) is 3.52. The van der Waals surface area contributed by atoms with Gasteiger partial charge in [0.15, 0.2) is 0 Å². The Bertz CT molecular complexity index is 583. The lowest BCUT2D eigenvalue weighted by molar-refractivity contribution is -0.118. The van der Waals surface area contributed by atoms with Crippen molar-refractivity contribution >= 4 is 27.3 Å². The minimum absolute atomic E-state index is 0.0823. The second-order valence-corrected chi connectivity index (χ2v) is 6.41. The predicted molar refractivity (Wildman–Crippen MR) is 71.3 cm³/mol. The Hall–Kier alpha value is -1.56. The molecule has 0 N–H and O–H groups in total. The molecule has 1 unspecified atom stereocenters. The van der Waals surface area contributed by atoms with Gasteiger partial charge >= 0.3 is 0 Å². The quantitative estimate of drug-likeness (QED) is 0.769. The van der Waals surface area contributed by atoms with E-state index >= 15 is 0 Å². The average molecular weight is 268 g/mol. The molecule has 0 spiro atoms. The molecule has 5 nitrogen and oxygen atoms in total. The second-order valence-electron chi connectivity index (χ2n) is 4.55. The number of carbonyl (C=O) groups is 1. The Morgan fingerprint density at radius 2 is 1.78 bits per heavy atom. The highest BCUT2D eigenvalue weighted by molar-refractivity contribution is 7.92. The van der Waals surface area contributed by atoms with Crippen molar-refractivity contribution in [2.75, 3.05) is 22.5 Å². The number of amides is 1. The normalized spacial score (nSPS) is 20.6. The zero-order valence-corrected chi connectivity index (χ0v) is 11.4. The first kappa shape index (κ1) is 12.9. The number of carbonyl (C=O) groups excluding carboxylic acids is 1. The molecule has 0 aromatic heterocycles. The molecule has 6 heteroatoms. The van der Waals surface area contributed by atoms with Crippen LogP contribution < -0.4 is 9.21 Å². The lowest BCUT2D eigenvalue weighted by atomic mass is 10.2. The van der Waals surface area contributed by atoms with Gasteiger partial charge in [0.2, 0.25) is 15.9 Å². The molecule has 0 aliphatic carbocycles. The third kappa shape index (κ3) is 2.08. The van der Waals surface area contributed by atoms with E-state index in [1.54, 1.807) is 38.2 Å². The summed E-state index contributed by atoms with van der Waals surface area (Å²) in [6.07, 6.45) is 1.34. The van der Waals surface area contributed by atoms with Gasteiger partial charge in [-0.05, 0) is 19.1 Å². The topological polar surface area (TPSA) is 57.7 Å². The summed E-state index contributed by atoms with van der Waals surface area (Å²) >= 11 is 0. The Morgan fingerprint density at radius 3 is 2.33 bits per heavy atom. The number of hydrogen-bond donors (Lipinski definition) is 0. The summed E-state index contributed by atoms with van der Waals surface area (Å²) in [6.45, 7) is 1.74. The van der Waals surface area contributed by atoms with Crippen LogP contribution in [-0.4, -0.2) is 33.7 Å². The predicted octanol–water partition coefficient (Wildman–Crippen LogP) is 1.21. The molecule has 0 radical (unpaired) electrons. The zero-order valence-electron chi connectivity index (χ0n) is 10.6. The molecule has 1 aliphatic heterocycles. The van der Waals surface area contributed by atoms with Crippen LogP contribution in [0.15, 0.2) is 24.3 Å². The molecule has 1 heterocycles. The molecule has 1 aromatic rings. The van der Waals surface area contributed by atoms with E-state index in [0.29, 0.717) is 11.4 Å². The SMILES string of the molecule is CC1CC(=O)N(C)c2ccccc2N1S(C)(=O)=O. The van der Waals surface area contributed by atoms with E-state index in [2.05, 4.69) is 0 Å². The fraction of sp³-hybridized carbons (Fsp3) is 0.417. The maximum absolute atomic E-state index is 12.0. The van der Waals surface area contributed by atoms with Crippen LogP contribution in [0.4, 0.5) is 11.4 Å². The van der Waals surface area contributed by atoms with Crippen molar-refractivity contribution in [2.24, 2.45) is 0 Å². The highest BCUT2D eigenvalue weighted by Crippen LogP contribution is 2.35. The third-order valence-electron chi connectivity index (χ3n) is 3.08. The first-order valence-electron chi connectivity index (χ1n) is 5.67. The summed E-state index contributed by atoms with van der Waals surface area (Å²) in [6, 6.07) is 6.66. The molecule has 1 atom stereocenters. The molecule has 0 bridgehead atoms. The van der Waals surface area contributed by atoms with E-state index < -0.39 is 10.0 Å². The molecule has 1 aromatic carbocycles. The largest absolute Gasteiger partial charge is 0.313 e. The van der Waals surface area contributed by atoms with Crippen LogP contribution in [-0.2, 0) is 14.8 Å². The van der Waals surface area contributed by atoms with Crippen molar-refractivity contribution < 1.29 is 13.2 Å². The van der Waals surface area contributed by atoms with Crippen LogP contribution in [0.2, 0.25) is 0 Å². The lowest BCUT2D eigenvalue weighted by Gasteiger charge is -2.27. The summed E-state index contributed by atoms with van der Waals surface area (Å²) in [5.74, 6) is -0.0823. The number of hydrogen-bond acceptors (Lipinski definition) is 3. The van der Waals surface area contributed by atoms with Gasteiger partial charge in [-0.2, -0.15) is 0 Å². The molecule has 18 heavy (non-hydrogen) atoms. The molecule has 0 saturated carbocycles. The van der Waals surface area contributed by atoms with Gasteiger partial charge in [-0.25, -0.2) is 8.42 Å². The van der Waals surface area contributed by atoms with Crippen molar-refractivity contribution in [2.45, 2.75) is 19.4 Å². The number of fused-ring (bicyclic) bond motifs is 1. The fourth-order valence-electron chi connectivity index (χ4n) is 2.28. The first-order chi connectivity index (χ1) is 8.32. The van der Waals surface area contributed by atoms with Crippen LogP contribution in [0.25, 0.3) is 0 Å². The molecule has 2 rings (SSSR count). The maximum atomic E-state index is 12.0. The van der Waals surface area contributed by atoms with E-state index in [1.807, 2.05) is 0 Å². The van der Waals surface area contributed by atoms with E-state index in [9.17, 15) is 13.2 Å². The van der Waals surface area contributed by atoms with Crippen LogP contribution in [0.5, 0.6) is 0 Å². The number of sulfonamides is 1. The van der Waals surface area contributed by atoms with Crippen molar-refractivity contribution in [3.05, 3.63) is 24.3 Å². The van der Waals surface area contributed by atoms with Crippen LogP contribution in [0.3, 0.4) is 0 Å². The van der Waals surface area contributed by atoms with Gasteiger partial charge in [0, 0.05) is 13.5 Å². The van der Waals surface area contributed by atoms with Gasteiger partial charge < -0.3 is 4.90 Å². The summed E-state index contributed by atoms with van der Waals surface area (Å²) < 4.78 is 25.2. The van der Waals surface area contributed by atoms with Gasteiger partial charge in [-0.3, -0.25) is 9.10 Å². The van der Waals surface area contributed by atoms with Crippen molar-refractivity contribution in [1.29, 1.82) is 0 Å². The lowest BCUT2D eigenvalue weighted by Crippen LogP contribution is -2.38. The van der Waals surface area contributed by atoms with E-state index in [1.165, 1.54) is 9.21 Å². The van der Waals surface area contributed by atoms with Crippen LogP contribution in [0.1, 0.15) is 13.3 Å². The highest BCUT2D eigenvalue weighted by Gasteiger charge is 2.33. The number of nitrogens with zero attached hydrogens (tertiary/aromatic N) is 2. The number of benzene rings is 1. The number of anilines is 2. The number of para-hydroxylation sites is 2. The van der Waals surface area contributed by atoms with E-state index in [0.717, 1.165) is 6.26 Å². The Balaban J connectivity index is 2.68. The first-order valence-corrected chi connectivity index (χ1v) is 7.52.